The van der Waals surface area contributed by atoms with E-state index in [9.17, 15) is 40.2 Å². The monoisotopic (exact) mass is 742 g/mol. The Hall–Kier alpha value is -4.30. The van der Waals surface area contributed by atoms with Gasteiger partial charge in [-0.3, -0.25) is 4.79 Å². The van der Waals surface area contributed by atoms with Crippen LogP contribution in [0.15, 0.2) is 65.3 Å². The molecule has 3 aliphatic heterocycles. The molecule has 2 saturated heterocycles. The summed E-state index contributed by atoms with van der Waals surface area (Å²) in [5.74, 6) is -2.30. The van der Waals surface area contributed by atoms with E-state index in [0.29, 0.717) is 32.0 Å². The van der Waals surface area contributed by atoms with Crippen LogP contribution in [0, 0.1) is 30.6 Å². The lowest BCUT2D eigenvalue weighted by atomic mass is 9.58. The Kier molecular flexibility index (Phi) is 9.56. The van der Waals surface area contributed by atoms with Crippen LogP contribution in [0.5, 0.6) is 17.2 Å². The van der Waals surface area contributed by atoms with Gasteiger partial charge < -0.3 is 49.6 Å². The van der Waals surface area contributed by atoms with Crippen molar-refractivity contribution in [3.05, 3.63) is 87.5 Å². The third kappa shape index (κ3) is 5.82. The Morgan fingerprint density at radius 3 is 2.57 bits per heavy atom. The summed E-state index contributed by atoms with van der Waals surface area (Å²) >= 11 is 0. The molecule has 0 aromatic heterocycles. The van der Waals surface area contributed by atoms with Gasteiger partial charge in [0.25, 0.3) is 0 Å². The average molecular weight is 743 g/mol. The Balaban J connectivity index is 1.13. The number of aryl methyl sites for hydroxylation is 1. The van der Waals surface area contributed by atoms with Crippen molar-refractivity contribution < 1.29 is 59.2 Å². The second-order valence-corrected chi connectivity index (χ2v) is 15.5. The Bertz CT molecular complexity index is 2050. The second-order valence-electron chi connectivity index (χ2n) is 15.5. The molecular weight excluding hydrogens is 696 g/mol. The molecule has 3 aromatic rings. The zero-order chi connectivity index (χ0) is 38.1. The molecule has 12 nitrogen and oxygen atoms in total. The first-order chi connectivity index (χ1) is 25.9. The first kappa shape index (κ1) is 36.7. The van der Waals surface area contributed by atoms with Crippen LogP contribution in [-0.4, -0.2) is 99.0 Å². The highest BCUT2D eigenvalue weighted by Gasteiger charge is 2.61. The van der Waals surface area contributed by atoms with Crippen LogP contribution >= 0.6 is 0 Å². The molecule has 12 heteroatoms. The van der Waals surface area contributed by atoms with Crippen molar-refractivity contribution in [2.24, 2.45) is 23.7 Å². The Morgan fingerprint density at radius 1 is 1.06 bits per heavy atom. The number of allylic oxidation sites excluding steroid dienone is 2. The number of fused-ring (bicyclic) bond motifs is 3. The fourth-order valence-corrected chi connectivity index (χ4v) is 9.89. The van der Waals surface area contributed by atoms with E-state index in [1.807, 2.05) is 30.3 Å². The quantitative estimate of drug-likeness (QED) is 0.139. The van der Waals surface area contributed by atoms with Crippen LogP contribution in [0.4, 0.5) is 0 Å². The number of ketones is 1. The number of phenols is 2. The number of hydrogen-bond acceptors (Lipinski definition) is 11. The van der Waals surface area contributed by atoms with Gasteiger partial charge in [-0.2, -0.15) is 0 Å². The van der Waals surface area contributed by atoms with Gasteiger partial charge in [-0.1, -0.05) is 43.3 Å². The third-order valence-electron chi connectivity index (χ3n) is 12.7. The number of carboxylic acids is 1. The van der Waals surface area contributed by atoms with E-state index in [-0.39, 0.29) is 70.4 Å². The van der Waals surface area contributed by atoms with Gasteiger partial charge in [0.1, 0.15) is 41.2 Å². The first-order valence-corrected chi connectivity index (χ1v) is 18.7. The van der Waals surface area contributed by atoms with Gasteiger partial charge >= 0.3 is 5.97 Å². The van der Waals surface area contributed by atoms with Gasteiger partial charge in [-0.05, 0) is 84.8 Å². The zero-order valence-electron chi connectivity index (χ0n) is 30.2. The van der Waals surface area contributed by atoms with E-state index in [4.69, 9.17) is 18.9 Å². The molecule has 3 fully saturated rings. The van der Waals surface area contributed by atoms with Crippen LogP contribution in [0.2, 0.25) is 0 Å². The number of aliphatic hydroxyl groups excluding tert-OH is 3. The summed E-state index contributed by atoms with van der Waals surface area (Å²) in [7, 11) is 0. The van der Waals surface area contributed by atoms with Gasteiger partial charge in [-0.15, -0.1) is 0 Å². The molecule has 5 aliphatic rings. The molecule has 0 radical (unpaired) electrons. The predicted octanol–water partition coefficient (Wildman–Crippen LogP) is 4.60. The van der Waals surface area contributed by atoms with Gasteiger partial charge in [0, 0.05) is 29.9 Å². The molecule has 1 saturated carbocycles. The van der Waals surface area contributed by atoms with Crippen molar-refractivity contribution in [3.63, 3.8) is 0 Å². The predicted molar refractivity (Wildman–Crippen MR) is 195 cm³/mol. The van der Waals surface area contributed by atoms with E-state index in [1.165, 1.54) is 18.1 Å². The molecule has 6 N–H and O–H groups in total. The highest BCUT2D eigenvalue weighted by atomic mass is 16.7. The minimum atomic E-state index is -1.76. The van der Waals surface area contributed by atoms with Crippen molar-refractivity contribution in [1.29, 1.82) is 0 Å². The molecule has 2 aliphatic carbocycles. The van der Waals surface area contributed by atoms with E-state index in [2.05, 4.69) is 13.0 Å². The molecule has 3 aromatic carbocycles. The molecule has 0 unspecified atom stereocenters. The summed E-state index contributed by atoms with van der Waals surface area (Å²) in [5.41, 5.74) is 2.57. The van der Waals surface area contributed by atoms with E-state index in [1.54, 1.807) is 0 Å². The number of aromatic hydroxyl groups is 2. The highest BCUT2D eigenvalue weighted by molar-refractivity contribution is 6.11. The van der Waals surface area contributed by atoms with E-state index >= 15 is 0 Å². The van der Waals surface area contributed by atoms with Gasteiger partial charge in [0.15, 0.2) is 5.78 Å². The average Bonchev–Trinajstić information content (AvgIpc) is 3.53. The number of aliphatic hydroxyl groups is 3. The summed E-state index contributed by atoms with van der Waals surface area (Å²) in [6, 6.07) is 11.6. The fraction of sp³-hybridized carbons (Fsp3) is 0.476. The normalized spacial score (nSPS) is 31.8. The molecule has 0 amide bonds. The van der Waals surface area contributed by atoms with Crippen LogP contribution in [0.1, 0.15) is 64.4 Å². The van der Waals surface area contributed by atoms with Gasteiger partial charge in [0.05, 0.1) is 36.3 Å². The molecule has 9 atom stereocenters. The number of ether oxygens (including phenoxy) is 4. The Labute approximate surface area is 312 Å². The first-order valence-electron chi connectivity index (χ1n) is 18.7. The number of carbonyl (C=O) groups is 2. The van der Waals surface area contributed by atoms with Crippen molar-refractivity contribution in [2.75, 3.05) is 26.4 Å². The molecule has 8 rings (SSSR count). The van der Waals surface area contributed by atoms with E-state index in [0.717, 1.165) is 29.7 Å². The largest absolute Gasteiger partial charge is 0.507 e. The standard InChI is InChI=1S/C42H46O12/c1-20-25-12-13-51-19-29(25)26-10-9-23-18-52-42(16-28(20)34(23)26)32(17-43)54-41(38(47)39(42)48)53-31-15-24(40(49)50)14-27-35(31)37(46)33(21(2)36(27)45)30(44)11-8-22-6-4-3-5-7-22/h3-7,10,14-15,20,25,28-29,32,38-39,41,43,45-48H,8-9,11-13,16-19H2,1-2H3,(H,49,50)/t20-,25-,28+,29+,32-,38-,39-,41+,42+/m1/s1. The van der Waals surface area contributed by atoms with E-state index < -0.39 is 60.1 Å². The molecule has 3 heterocycles. The number of Topliss-reactive ketones (excluding diaryl/α,β-unsaturated/α-hetero) is 1. The molecular formula is C42H46O12. The van der Waals surface area contributed by atoms with Gasteiger partial charge in [0.2, 0.25) is 6.29 Å². The molecule has 0 bridgehead atoms. The van der Waals surface area contributed by atoms with Crippen LogP contribution in [0.3, 0.4) is 0 Å². The molecule has 286 valence electrons. The van der Waals surface area contributed by atoms with Crippen LogP contribution in [0.25, 0.3) is 10.8 Å². The summed E-state index contributed by atoms with van der Waals surface area (Å²) in [5, 5.41) is 67.3. The summed E-state index contributed by atoms with van der Waals surface area (Å²) < 4.78 is 24.8. The molecule has 1 spiro atoms. The van der Waals surface area contributed by atoms with Crippen molar-refractivity contribution in [1.82, 2.24) is 0 Å². The number of hydrogen-bond donors (Lipinski definition) is 6. The lowest BCUT2D eigenvalue weighted by Crippen LogP contribution is -2.69. The Morgan fingerprint density at radius 2 is 1.83 bits per heavy atom. The molecule has 54 heavy (non-hydrogen) atoms. The maximum Gasteiger partial charge on any atom is 0.335 e. The lowest BCUT2D eigenvalue weighted by molar-refractivity contribution is -0.325. The third-order valence-corrected chi connectivity index (χ3v) is 12.7. The number of benzene rings is 3. The van der Waals surface area contributed by atoms with Crippen LogP contribution in [-0.2, 0) is 20.6 Å². The SMILES string of the molecule is Cc1c(C(=O)CCc2ccccc2)c(O)c2c(O[C@H]3O[C@H](CO)[C@@]4(C[C@@H]5C6=C(CC=C6[C@H]6COCC[C@@H]6[C@H]5C)CO4)[C@H](O)[C@H]3O)cc(C(=O)O)cc2c1O. The lowest BCUT2D eigenvalue weighted by Gasteiger charge is -2.53. The topological polar surface area (TPSA) is 192 Å². The van der Waals surface area contributed by atoms with Crippen molar-refractivity contribution >= 4 is 22.5 Å². The number of rotatable bonds is 8. The minimum Gasteiger partial charge on any atom is -0.507 e. The summed E-state index contributed by atoms with van der Waals surface area (Å²) in [4.78, 5) is 25.9. The van der Waals surface area contributed by atoms with Crippen LogP contribution < -0.4 is 4.74 Å². The summed E-state index contributed by atoms with van der Waals surface area (Å²) in [6.07, 6.45) is -1.71. The number of carbonyl (C=O) groups excluding carboxylic acids is 1. The van der Waals surface area contributed by atoms with Gasteiger partial charge in [-0.25, -0.2) is 4.79 Å². The maximum absolute atomic E-state index is 13.6. The highest BCUT2D eigenvalue weighted by Crippen LogP contribution is 2.57. The number of carboxylic acid groups (broad SMARTS) is 1. The minimum absolute atomic E-state index is 0.00796. The fourth-order valence-electron chi connectivity index (χ4n) is 9.89. The van der Waals surface area contributed by atoms with Crippen molar-refractivity contribution in [3.8, 4) is 17.2 Å². The van der Waals surface area contributed by atoms with Crippen molar-refractivity contribution in [2.45, 2.75) is 76.2 Å². The zero-order valence-corrected chi connectivity index (χ0v) is 30.2. The summed E-state index contributed by atoms with van der Waals surface area (Å²) in [6.45, 7) is 4.58. The second kappa shape index (κ2) is 14.1. The number of phenolic OH excluding ortho intramolecular Hbond substituents is 2. The maximum atomic E-state index is 13.6. The number of aromatic carboxylic acids is 1. The smallest absolute Gasteiger partial charge is 0.335 e.